The quantitative estimate of drug-likeness (QED) is 0.823. The summed E-state index contributed by atoms with van der Waals surface area (Å²) >= 11 is 0. The number of hydrogen-bond acceptors (Lipinski definition) is 4. The Labute approximate surface area is 144 Å². The van der Waals surface area contributed by atoms with Crippen molar-refractivity contribution >= 4 is 0 Å². The maximum Gasteiger partial charge on any atom is 0.434 e. The molecule has 138 valence electrons. The van der Waals surface area contributed by atoms with Gasteiger partial charge in [0.1, 0.15) is 11.6 Å². The van der Waals surface area contributed by atoms with Gasteiger partial charge in [0.2, 0.25) is 0 Å². The molecule has 1 atom stereocenters. The first-order valence-electron chi connectivity index (χ1n) is 8.53. The number of aryl methyl sites for hydroxylation is 3. The van der Waals surface area contributed by atoms with E-state index in [4.69, 9.17) is 4.52 Å². The Hall–Kier alpha value is -1.83. The minimum atomic E-state index is -4.38. The van der Waals surface area contributed by atoms with Gasteiger partial charge in [0.25, 0.3) is 0 Å². The van der Waals surface area contributed by atoms with Gasteiger partial charge in [-0.3, -0.25) is 0 Å². The van der Waals surface area contributed by atoms with Gasteiger partial charge in [0, 0.05) is 37.8 Å². The minimum absolute atomic E-state index is 0.304. The van der Waals surface area contributed by atoms with Gasteiger partial charge in [0.05, 0.1) is 5.69 Å². The number of imidazole rings is 1. The fourth-order valence-corrected chi connectivity index (χ4v) is 3.49. The van der Waals surface area contributed by atoms with Crippen LogP contribution in [0.3, 0.4) is 0 Å². The predicted molar refractivity (Wildman–Crippen MR) is 86.0 cm³/mol. The van der Waals surface area contributed by atoms with E-state index >= 15 is 0 Å². The van der Waals surface area contributed by atoms with E-state index in [-0.39, 0.29) is 0 Å². The van der Waals surface area contributed by atoms with Crippen molar-refractivity contribution in [3.05, 3.63) is 34.7 Å². The molecule has 3 heterocycles. The van der Waals surface area contributed by atoms with Gasteiger partial charge in [-0.25, -0.2) is 4.98 Å². The Morgan fingerprint density at radius 2 is 2.16 bits per heavy atom. The molecule has 8 heteroatoms. The van der Waals surface area contributed by atoms with Crippen molar-refractivity contribution in [1.29, 1.82) is 0 Å². The Morgan fingerprint density at radius 3 is 2.84 bits per heavy atom. The molecule has 2 aromatic heterocycles. The summed E-state index contributed by atoms with van der Waals surface area (Å²) in [6, 6.07) is 0. The molecular weight excluding hydrogens is 333 g/mol. The molecule has 0 fully saturated rings. The van der Waals surface area contributed by atoms with E-state index in [1.54, 1.807) is 4.57 Å². The molecule has 5 nitrogen and oxygen atoms in total. The lowest BCUT2D eigenvalue weighted by Crippen LogP contribution is -2.31. The molecule has 0 aliphatic carbocycles. The van der Waals surface area contributed by atoms with E-state index in [0.717, 1.165) is 49.1 Å². The van der Waals surface area contributed by atoms with E-state index in [0.29, 0.717) is 24.7 Å². The number of nitrogens with zero attached hydrogens (tertiary/aromatic N) is 4. The number of rotatable bonds is 5. The fraction of sp³-hybridized carbons (Fsp3) is 0.647. The van der Waals surface area contributed by atoms with Gasteiger partial charge in [-0.1, -0.05) is 12.1 Å². The van der Waals surface area contributed by atoms with E-state index in [1.165, 1.54) is 0 Å². The molecule has 0 aromatic carbocycles. The molecule has 1 unspecified atom stereocenters. The van der Waals surface area contributed by atoms with E-state index in [1.807, 2.05) is 20.9 Å². The second kappa shape index (κ2) is 6.82. The predicted octanol–water partition coefficient (Wildman–Crippen LogP) is 3.46. The largest absolute Gasteiger partial charge is 0.434 e. The molecule has 25 heavy (non-hydrogen) atoms. The first-order valence-corrected chi connectivity index (χ1v) is 8.53. The van der Waals surface area contributed by atoms with Crippen LogP contribution in [0.15, 0.2) is 10.7 Å². The lowest BCUT2D eigenvalue weighted by atomic mass is 9.98. The third kappa shape index (κ3) is 3.89. The van der Waals surface area contributed by atoms with Crippen LogP contribution in [0.4, 0.5) is 13.2 Å². The summed E-state index contributed by atoms with van der Waals surface area (Å²) in [5.41, 5.74) is 1.30. The molecule has 1 aliphatic heterocycles. The summed E-state index contributed by atoms with van der Waals surface area (Å²) < 4.78 is 45.3. The van der Waals surface area contributed by atoms with Crippen LogP contribution in [0, 0.1) is 12.8 Å². The molecule has 0 radical (unpaired) electrons. The van der Waals surface area contributed by atoms with Crippen molar-refractivity contribution in [2.75, 3.05) is 13.6 Å². The Kier molecular flexibility index (Phi) is 4.90. The van der Waals surface area contributed by atoms with Crippen LogP contribution in [0.2, 0.25) is 0 Å². The van der Waals surface area contributed by atoms with Gasteiger partial charge < -0.3 is 14.0 Å². The standard InChI is InChI=1S/C17H23F3N4O/c1-4-14-13(11(2)25-22-14)9-23(3)7-12-5-6-16-21-15(17(18,19)20)10-24(16)8-12/h10,12H,4-9H2,1-3H3. The number of hydrogen-bond donors (Lipinski definition) is 0. The molecule has 1 aliphatic rings. The van der Waals surface area contributed by atoms with Gasteiger partial charge in [0.15, 0.2) is 5.69 Å². The maximum atomic E-state index is 12.8. The highest BCUT2D eigenvalue weighted by Crippen LogP contribution is 2.31. The lowest BCUT2D eigenvalue weighted by Gasteiger charge is -2.28. The molecule has 0 saturated carbocycles. The Bertz CT molecular complexity index is 735. The third-order valence-corrected chi connectivity index (χ3v) is 4.78. The topological polar surface area (TPSA) is 47.1 Å². The van der Waals surface area contributed by atoms with E-state index in [9.17, 15) is 13.2 Å². The summed E-state index contributed by atoms with van der Waals surface area (Å²) in [6.45, 7) is 6.07. The minimum Gasteiger partial charge on any atom is -0.361 e. The molecule has 0 bridgehead atoms. The SMILES string of the molecule is CCc1noc(C)c1CN(C)CC1CCc2nc(C(F)(F)F)cn2C1. The number of aromatic nitrogens is 3. The average molecular weight is 356 g/mol. The van der Waals surface area contributed by atoms with Crippen molar-refractivity contribution < 1.29 is 17.7 Å². The maximum absolute atomic E-state index is 12.8. The van der Waals surface area contributed by atoms with Crippen LogP contribution in [-0.2, 0) is 32.1 Å². The molecular formula is C17H23F3N4O. The Morgan fingerprint density at radius 1 is 1.40 bits per heavy atom. The summed E-state index contributed by atoms with van der Waals surface area (Å²) in [6.07, 6.45) is -0.981. The van der Waals surface area contributed by atoms with Crippen LogP contribution in [0.25, 0.3) is 0 Å². The normalized spacial score (nSPS) is 18.0. The van der Waals surface area contributed by atoms with Crippen molar-refractivity contribution in [2.45, 2.75) is 52.4 Å². The molecule has 2 aromatic rings. The monoisotopic (exact) mass is 356 g/mol. The first kappa shape index (κ1) is 18.0. The molecule has 3 rings (SSSR count). The number of fused-ring (bicyclic) bond motifs is 1. The molecule has 0 amide bonds. The van der Waals surface area contributed by atoms with Crippen molar-refractivity contribution in [3.63, 3.8) is 0 Å². The first-order chi connectivity index (χ1) is 11.8. The van der Waals surface area contributed by atoms with Gasteiger partial charge in [-0.2, -0.15) is 13.2 Å². The average Bonchev–Trinajstić information content (AvgIpc) is 3.11. The number of halogens is 3. The van der Waals surface area contributed by atoms with Crippen LogP contribution in [-0.4, -0.2) is 33.2 Å². The fourth-order valence-electron chi connectivity index (χ4n) is 3.49. The summed E-state index contributed by atoms with van der Waals surface area (Å²) in [7, 11) is 2.02. The molecule has 0 spiro atoms. The highest BCUT2D eigenvalue weighted by Gasteiger charge is 2.35. The summed E-state index contributed by atoms with van der Waals surface area (Å²) in [4.78, 5) is 5.92. The van der Waals surface area contributed by atoms with Crippen LogP contribution in [0.5, 0.6) is 0 Å². The van der Waals surface area contributed by atoms with Gasteiger partial charge in [-0.15, -0.1) is 0 Å². The molecule has 0 saturated heterocycles. The molecule has 0 N–H and O–H groups in total. The zero-order valence-corrected chi connectivity index (χ0v) is 14.7. The zero-order valence-electron chi connectivity index (χ0n) is 14.7. The van der Waals surface area contributed by atoms with Gasteiger partial charge >= 0.3 is 6.18 Å². The van der Waals surface area contributed by atoms with Crippen LogP contribution < -0.4 is 0 Å². The smallest absolute Gasteiger partial charge is 0.361 e. The van der Waals surface area contributed by atoms with Gasteiger partial charge in [-0.05, 0) is 32.7 Å². The van der Waals surface area contributed by atoms with Crippen molar-refractivity contribution in [1.82, 2.24) is 19.6 Å². The highest BCUT2D eigenvalue weighted by atomic mass is 19.4. The summed E-state index contributed by atoms with van der Waals surface area (Å²) in [5, 5.41) is 4.07. The second-order valence-corrected chi connectivity index (χ2v) is 6.81. The van der Waals surface area contributed by atoms with E-state index in [2.05, 4.69) is 15.0 Å². The van der Waals surface area contributed by atoms with Crippen molar-refractivity contribution in [2.24, 2.45) is 5.92 Å². The summed E-state index contributed by atoms with van der Waals surface area (Å²) in [5.74, 6) is 1.67. The van der Waals surface area contributed by atoms with Crippen molar-refractivity contribution in [3.8, 4) is 0 Å². The van der Waals surface area contributed by atoms with E-state index < -0.39 is 11.9 Å². The second-order valence-electron chi connectivity index (χ2n) is 6.81. The zero-order chi connectivity index (χ0) is 18.2. The third-order valence-electron chi connectivity index (χ3n) is 4.78. The van der Waals surface area contributed by atoms with Crippen LogP contribution >= 0.6 is 0 Å². The number of alkyl halides is 3. The van der Waals surface area contributed by atoms with Crippen LogP contribution in [0.1, 0.15) is 41.9 Å². The highest BCUT2D eigenvalue weighted by molar-refractivity contribution is 5.21. The Balaban J connectivity index is 1.63. The lowest BCUT2D eigenvalue weighted by molar-refractivity contribution is -0.141.